The monoisotopic (exact) mass is 678 g/mol. The van der Waals surface area contributed by atoms with Gasteiger partial charge >= 0.3 is 18.0 Å². The van der Waals surface area contributed by atoms with Gasteiger partial charge in [0.2, 0.25) is 0 Å². The van der Waals surface area contributed by atoms with Crippen molar-refractivity contribution in [3.63, 3.8) is 0 Å². The second-order valence-corrected chi connectivity index (χ2v) is 12.9. The minimum Gasteiger partial charge on any atom is -0.473 e. The Morgan fingerprint density at radius 2 is 1.29 bits per heavy atom. The van der Waals surface area contributed by atoms with Gasteiger partial charge in [-0.1, -0.05) is 36.4 Å². The molecule has 0 bridgehead atoms. The highest BCUT2D eigenvalue weighted by molar-refractivity contribution is 6.27. The van der Waals surface area contributed by atoms with Crippen molar-refractivity contribution >= 4 is 41.0 Å². The van der Waals surface area contributed by atoms with Gasteiger partial charge in [0.15, 0.2) is 22.9 Å². The Morgan fingerprint density at radius 1 is 0.837 bits per heavy atom. The highest BCUT2D eigenvalue weighted by Gasteiger charge is 2.48. The van der Waals surface area contributed by atoms with E-state index < -0.39 is 52.7 Å². The third-order valence-corrected chi connectivity index (χ3v) is 8.11. The molecule has 0 spiro atoms. The van der Waals surface area contributed by atoms with Gasteiger partial charge < -0.3 is 36.2 Å². The number of hydrogen-bond acceptors (Lipinski definition) is 9. The van der Waals surface area contributed by atoms with Gasteiger partial charge in [0, 0.05) is 0 Å². The lowest BCUT2D eigenvalue weighted by Gasteiger charge is -2.39. The van der Waals surface area contributed by atoms with Crippen molar-refractivity contribution in [2.45, 2.75) is 102 Å². The molecule has 7 N–H and O–H groups in total. The van der Waals surface area contributed by atoms with E-state index in [0.29, 0.717) is 61.0 Å². The average molecular weight is 679 g/mol. The van der Waals surface area contributed by atoms with E-state index in [1.54, 1.807) is 57.2 Å². The number of hydrogen-bond donors (Lipinski definition) is 6. The molecule has 0 aliphatic heterocycles. The minimum atomic E-state index is -1.82. The highest BCUT2D eigenvalue weighted by atomic mass is 16.6. The number of nitrogens with one attached hydrogen (secondary N) is 1. The van der Waals surface area contributed by atoms with Crippen LogP contribution in [0.1, 0.15) is 81.5 Å². The number of Topliss-reactive ketones (excluding diaryl/α,β-unsaturated/α-hetero) is 2. The van der Waals surface area contributed by atoms with E-state index in [-0.39, 0.29) is 5.78 Å². The number of rotatable bonds is 3. The number of ether oxygens (including phenoxy) is 1. The van der Waals surface area contributed by atoms with Crippen molar-refractivity contribution in [3.05, 3.63) is 81.5 Å². The summed E-state index contributed by atoms with van der Waals surface area (Å²) >= 11 is 0. The van der Waals surface area contributed by atoms with Gasteiger partial charge in [0.1, 0.15) is 28.9 Å². The van der Waals surface area contributed by atoms with Crippen LogP contribution in [0.15, 0.2) is 36.4 Å². The molecule has 0 aromatic heterocycles. The zero-order valence-corrected chi connectivity index (χ0v) is 28.1. The largest absolute Gasteiger partial charge is 0.473 e. The fourth-order valence-corrected chi connectivity index (χ4v) is 5.48. The normalized spacial score (nSPS) is 23.2. The molecule has 14 heteroatoms. The van der Waals surface area contributed by atoms with Gasteiger partial charge in [-0.2, -0.15) is 0 Å². The molecule has 14 nitrogen and oxygen atoms in total. The number of carbonyl (C=O) groups is 5. The highest BCUT2D eigenvalue weighted by Crippen LogP contribution is 2.38. The molecule has 2 aromatic carbocycles. The van der Waals surface area contributed by atoms with Crippen molar-refractivity contribution in [1.29, 1.82) is 0 Å². The van der Waals surface area contributed by atoms with E-state index in [0.717, 1.165) is 11.1 Å². The number of aliphatic hydroxyl groups is 2. The first-order valence-electron chi connectivity index (χ1n) is 15.4. The maximum absolute atomic E-state index is 12.8. The Kier molecular flexibility index (Phi) is 13.3. The van der Waals surface area contributed by atoms with Crippen LogP contribution in [0.3, 0.4) is 0 Å². The molecule has 2 saturated carbocycles. The van der Waals surface area contributed by atoms with Crippen LogP contribution in [0, 0.1) is 27.0 Å². The van der Waals surface area contributed by atoms with Crippen LogP contribution >= 0.6 is 0 Å². The Labute approximate surface area is 284 Å². The summed E-state index contributed by atoms with van der Waals surface area (Å²) in [5.74, 6) is -4.46. The fraction of sp³-hybridized carbons (Fsp3) is 0.457. The summed E-state index contributed by atoms with van der Waals surface area (Å²) < 4.78 is 5.31. The summed E-state index contributed by atoms with van der Waals surface area (Å²) in [6, 6.07) is 10.3. The molecule has 2 aromatic rings. The van der Waals surface area contributed by atoms with Gasteiger partial charge in [-0.25, -0.2) is 24.1 Å². The zero-order valence-electron chi connectivity index (χ0n) is 28.1. The number of ketones is 2. The van der Waals surface area contributed by atoms with Crippen molar-refractivity contribution < 1.29 is 49.1 Å². The smallest absolute Gasteiger partial charge is 0.414 e. The molecule has 0 saturated heterocycles. The van der Waals surface area contributed by atoms with E-state index in [1.165, 1.54) is 0 Å². The molecule has 49 heavy (non-hydrogen) atoms. The van der Waals surface area contributed by atoms with Crippen LogP contribution in [0.2, 0.25) is 0 Å². The van der Waals surface area contributed by atoms with E-state index in [1.807, 2.05) is 13.8 Å². The average Bonchev–Trinajstić information content (AvgIpc) is 3.02. The Balaban J connectivity index is 0.000000302. The second-order valence-electron chi connectivity index (χ2n) is 12.9. The van der Waals surface area contributed by atoms with Crippen molar-refractivity contribution in [2.75, 3.05) is 0 Å². The number of carbonyl (C=O) groups excluding carboxylic acids is 3. The summed E-state index contributed by atoms with van der Waals surface area (Å²) in [6.07, 6.45) is 0.126. The van der Waals surface area contributed by atoms with E-state index in [9.17, 15) is 24.6 Å². The van der Waals surface area contributed by atoms with Crippen LogP contribution in [-0.4, -0.2) is 67.8 Å². The molecular formula is C35H42N4O10. The topological polar surface area (TPSA) is 222 Å². The summed E-state index contributed by atoms with van der Waals surface area (Å²) in [5.41, 5.74) is 6.63. The first-order chi connectivity index (χ1) is 22.7. The summed E-state index contributed by atoms with van der Waals surface area (Å²) in [6.45, 7) is 23.2. The number of aliphatic hydroxyl groups excluding tert-OH is 2. The van der Waals surface area contributed by atoms with Crippen molar-refractivity contribution in [1.82, 2.24) is 5.32 Å². The lowest BCUT2D eigenvalue weighted by molar-refractivity contribution is -0.159. The zero-order chi connectivity index (χ0) is 37.3. The van der Waals surface area contributed by atoms with E-state index in [4.69, 9.17) is 43.4 Å². The summed E-state index contributed by atoms with van der Waals surface area (Å²) in [4.78, 5) is 62.4. The predicted octanol–water partition coefficient (Wildman–Crippen LogP) is 4.35. The predicted molar refractivity (Wildman–Crippen MR) is 177 cm³/mol. The van der Waals surface area contributed by atoms with Gasteiger partial charge in [0.25, 0.3) is 0 Å². The maximum atomic E-state index is 12.8. The van der Waals surface area contributed by atoms with E-state index >= 15 is 0 Å². The first-order valence-corrected chi connectivity index (χ1v) is 15.4. The standard InChI is InChI=1S/C19H24N2O4.C14H16N2O2.C2H2O4/c1-12-8-9-13(11-14(12)20-5)19(10-6-7-15(22)16(19)23)21-17(24)25-18(2,3)4;1-9-5-6-10(8-11(9)16-2)14(15)7-3-4-12(17)13(14)18;3-1(4)2(5)6/h8-9,11,15,22H,6-7,10H2,1-4H3,(H,21,24);5-6,8,12,17H,3-4,7,15H2,1H3;(H,3,4)(H,5,6). The number of alkyl carbamates (subject to hydrolysis) is 1. The molecule has 4 atom stereocenters. The number of carboxylic acids is 2. The lowest BCUT2D eigenvalue weighted by atomic mass is 9.74. The second kappa shape index (κ2) is 16.3. The SMILES string of the molecule is O=C(O)C(=O)O.[C-]#[N+]c1cc(C2(N)CCCC(O)C2=O)ccc1C.[C-]#[N+]c1cc(C2(NC(=O)OC(C)(C)C)CCCC(O)C2=O)ccc1C. The Hall–Kier alpha value is -5.15. The first kappa shape index (κ1) is 40.0. The van der Waals surface area contributed by atoms with Gasteiger partial charge in [-0.15, -0.1) is 0 Å². The third-order valence-electron chi connectivity index (χ3n) is 8.11. The van der Waals surface area contributed by atoms with Crippen LogP contribution in [-0.2, 0) is 35.0 Å². The number of nitrogens with two attached hydrogens (primary N) is 1. The molecule has 4 rings (SSSR count). The molecule has 4 unspecified atom stereocenters. The molecule has 2 aliphatic rings. The Bertz CT molecular complexity index is 1670. The van der Waals surface area contributed by atoms with Crippen LogP contribution in [0.5, 0.6) is 0 Å². The van der Waals surface area contributed by atoms with Crippen LogP contribution in [0.4, 0.5) is 16.2 Å². The molecule has 0 radical (unpaired) electrons. The number of carboxylic acid groups (broad SMARTS) is 2. The van der Waals surface area contributed by atoms with Crippen molar-refractivity contribution in [2.24, 2.45) is 5.73 Å². The molecule has 0 heterocycles. The van der Waals surface area contributed by atoms with Crippen molar-refractivity contribution in [3.8, 4) is 0 Å². The summed E-state index contributed by atoms with van der Waals surface area (Å²) in [7, 11) is 0. The molecular weight excluding hydrogens is 636 g/mol. The molecule has 2 fully saturated rings. The number of amides is 1. The fourth-order valence-electron chi connectivity index (χ4n) is 5.48. The molecule has 2 aliphatic carbocycles. The van der Waals surface area contributed by atoms with E-state index in [2.05, 4.69) is 15.0 Å². The summed E-state index contributed by atoms with van der Waals surface area (Å²) in [5, 5.41) is 37.2. The van der Waals surface area contributed by atoms with Gasteiger partial charge in [0.05, 0.1) is 13.1 Å². The number of aliphatic carboxylic acids is 2. The van der Waals surface area contributed by atoms with Crippen LogP contribution in [0.25, 0.3) is 9.69 Å². The molecule has 1 amide bonds. The molecule has 262 valence electrons. The van der Waals surface area contributed by atoms with Gasteiger partial charge in [-0.3, -0.25) is 9.59 Å². The maximum Gasteiger partial charge on any atom is 0.414 e. The lowest BCUT2D eigenvalue weighted by Crippen LogP contribution is -2.58. The van der Waals surface area contributed by atoms with Gasteiger partial charge in [-0.05, 0) is 95.4 Å². The minimum absolute atomic E-state index is 0.339. The quantitative estimate of drug-likeness (QED) is 0.198. The number of benzene rings is 2. The number of nitrogens with zero attached hydrogens (tertiary/aromatic N) is 2. The van der Waals surface area contributed by atoms with Crippen LogP contribution < -0.4 is 11.1 Å². The Morgan fingerprint density at radius 3 is 1.76 bits per heavy atom. The number of aryl methyl sites for hydroxylation is 2. The third kappa shape index (κ3) is 9.93.